The van der Waals surface area contributed by atoms with Crippen molar-refractivity contribution >= 4 is 17.6 Å². The van der Waals surface area contributed by atoms with E-state index in [0.717, 1.165) is 0 Å². The Bertz CT molecular complexity index is 628. The fourth-order valence-electron chi connectivity index (χ4n) is 2.70. The van der Waals surface area contributed by atoms with Gasteiger partial charge in [-0.25, -0.2) is 4.39 Å². The predicted octanol–water partition coefficient (Wildman–Crippen LogP) is 4.07. The van der Waals surface area contributed by atoms with Crippen molar-refractivity contribution in [2.24, 2.45) is 5.92 Å². The third-order valence-electron chi connectivity index (χ3n) is 3.86. The maximum Gasteiger partial charge on any atom is 0.230 e. The van der Waals surface area contributed by atoms with Crippen LogP contribution in [-0.4, -0.2) is 24.7 Å². The van der Waals surface area contributed by atoms with Gasteiger partial charge >= 0.3 is 0 Å². The lowest BCUT2D eigenvalue weighted by Gasteiger charge is -2.20. The highest BCUT2D eigenvalue weighted by Crippen LogP contribution is 2.29. The van der Waals surface area contributed by atoms with Crippen molar-refractivity contribution in [3.8, 4) is 5.75 Å². The second kappa shape index (κ2) is 12.2. The number of Topliss-reactive ketones (excluding diaryl/α,β-unsaturated/α-hetero) is 1. The van der Waals surface area contributed by atoms with E-state index in [-0.39, 0.29) is 30.3 Å². The molecule has 1 atom stereocenters. The van der Waals surface area contributed by atoms with E-state index in [9.17, 15) is 18.8 Å². The van der Waals surface area contributed by atoms with Crippen LogP contribution in [0.2, 0.25) is 0 Å². The molecule has 1 fully saturated rings. The molecule has 1 saturated heterocycles. The number of carbonyl (C=O) groups excluding carboxylic acids is 3. The molecule has 1 heterocycles. The Hall–Kier alpha value is -2.24. The third-order valence-corrected chi connectivity index (χ3v) is 3.86. The highest BCUT2D eigenvalue weighted by molar-refractivity contribution is 6.04. The first-order chi connectivity index (χ1) is 12.5. The van der Waals surface area contributed by atoms with Crippen LogP contribution in [0, 0.1) is 11.7 Å². The van der Waals surface area contributed by atoms with Crippen LogP contribution in [0.1, 0.15) is 69.8 Å². The van der Waals surface area contributed by atoms with Crippen molar-refractivity contribution in [3.05, 3.63) is 29.1 Å². The first-order valence-corrected chi connectivity index (χ1v) is 9.20. The minimum atomic E-state index is -0.522. The highest BCUT2D eigenvalue weighted by atomic mass is 19.1. The van der Waals surface area contributed by atoms with E-state index in [1.165, 1.54) is 19.2 Å². The van der Waals surface area contributed by atoms with Gasteiger partial charge in [-0.05, 0) is 25.0 Å². The summed E-state index contributed by atoms with van der Waals surface area (Å²) in [5.74, 6) is -1.95. The summed E-state index contributed by atoms with van der Waals surface area (Å²) < 4.78 is 18.7. The van der Waals surface area contributed by atoms with E-state index >= 15 is 0 Å². The Balaban J connectivity index is 0.00000146. The molecule has 1 aliphatic rings. The van der Waals surface area contributed by atoms with Gasteiger partial charge in [-0.2, -0.15) is 0 Å². The molecule has 2 rings (SSSR count). The van der Waals surface area contributed by atoms with Crippen LogP contribution in [0.4, 0.5) is 4.39 Å². The Kier molecular flexibility index (Phi) is 11.1. The third kappa shape index (κ3) is 5.93. The Morgan fingerprint density at radius 2 is 1.85 bits per heavy atom. The number of ether oxygens (including phenoxy) is 1. The number of halogens is 1. The normalized spacial score (nSPS) is 15.7. The molecule has 0 saturated carbocycles. The lowest BCUT2D eigenvalue weighted by molar-refractivity contribution is -0.136. The summed E-state index contributed by atoms with van der Waals surface area (Å²) in [5.41, 5.74) is 0.866. The standard InChI is InChI=1S/C16H18FNO4.2C2H6/c1-3-10-11(5-6-12(17)15(10)22-2)13(19)8-9-4-7-14(20)18-16(9)21;2*1-2/h5-6,9H,3-4,7-8H2,1-2H3,(H,18,20,21);2*1-2H3. The summed E-state index contributed by atoms with van der Waals surface area (Å²) >= 11 is 0. The molecule has 1 aromatic carbocycles. The van der Waals surface area contributed by atoms with Crippen LogP contribution in [0.15, 0.2) is 12.1 Å². The Labute approximate surface area is 155 Å². The number of piperidine rings is 1. The number of nitrogens with one attached hydrogen (secondary N) is 1. The first-order valence-electron chi connectivity index (χ1n) is 9.20. The summed E-state index contributed by atoms with van der Waals surface area (Å²) in [7, 11) is 1.35. The van der Waals surface area contributed by atoms with Gasteiger partial charge in [-0.15, -0.1) is 0 Å². The van der Waals surface area contributed by atoms with E-state index in [2.05, 4.69) is 5.32 Å². The number of methoxy groups -OCH3 is 1. The van der Waals surface area contributed by atoms with Crippen molar-refractivity contribution in [1.29, 1.82) is 0 Å². The molecule has 0 aliphatic carbocycles. The molecular formula is C20H30FNO4. The summed E-state index contributed by atoms with van der Waals surface area (Å²) in [5, 5.41) is 2.23. The molecule has 1 unspecified atom stereocenters. The average Bonchev–Trinajstić information content (AvgIpc) is 2.66. The van der Waals surface area contributed by atoms with Gasteiger partial charge in [0.25, 0.3) is 0 Å². The molecule has 146 valence electrons. The summed E-state index contributed by atoms with van der Waals surface area (Å²) in [4.78, 5) is 35.3. The van der Waals surface area contributed by atoms with Crippen molar-refractivity contribution in [2.45, 2.75) is 60.3 Å². The average molecular weight is 367 g/mol. The molecule has 0 radical (unpaired) electrons. The van der Waals surface area contributed by atoms with Gasteiger partial charge in [0.15, 0.2) is 17.3 Å². The predicted molar refractivity (Wildman–Crippen MR) is 99.8 cm³/mol. The van der Waals surface area contributed by atoms with Crippen LogP contribution in [0.5, 0.6) is 5.75 Å². The van der Waals surface area contributed by atoms with Crippen molar-refractivity contribution in [1.82, 2.24) is 5.32 Å². The quantitative estimate of drug-likeness (QED) is 0.629. The molecule has 6 heteroatoms. The van der Waals surface area contributed by atoms with Crippen LogP contribution in [0.25, 0.3) is 0 Å². The van der Waals surface area contributed by atoms with Crippen molar-refractivity contribution in [2.75, 3.05) is 7.11 Å². The van der Waals surface area contributed by atoms with Gasteiger partial charge in [0.2, 0.25) is 11.8 Å². The van der Waals surface area contributed by atoms with E-state index in [1.807, 2.05) is 27.7 Å². The van der Waals surface area contributed by atoms with Gasteiger partial charge in [0.05, 0.1) is 7.11 Å². The molecular weight excluding hydrogens is 337 g/mol. The number of carbonyl (C=O) groups is 3. The maximum absolute atomic E-state index is 13.7. The fourth-order valence-corrected chi connectivity index (χ4v) is 2.70. The summed E-state index contributed by atoms with van der Waals surface area (Å²) in [6.45, 7) is 9.81. The second-order valence-corrected chi connectivity index (χ2v) is 5.24. The maximum atomic E-state index is 13.7. The molecule has 0 bridgehead atoms. The lowest BCUT2D eigenvalue weighted by Crippen LogP contribution is -2.41. The van der Waals surface area contributed by atoms with E-state index < -0.39 is 17.6 Å². The Morgan fingerprint density at radius 1 is 1.23 bits per heavy atom. The number of amides is 2. The van der Waals surface area contributed by atoms with Crippen LogP contribution in [-0.2, 0) is 16.0 Å². The topological polar surface area (TPSA) is 72.5 Å². The zero-order chi connectivity index (χ0) is 20.3. The summed E-state index contributed by atoms with van der Waals surface area (Å²) in [6, 6.07) is 2.61. The van der Waals surface area contributed by atoms with Crippen molar-refractivity contribution < 1.29 is 23.5 Å². The number of hydrogen-bond acceptors (Lipinski definition) is 4. The molecule has 1 aliphatic heterocycles. The van der Waals surface area contributed by atoms with Crippen molar-refractivity contribution in [3.63, 3.8) is 0 Å². The van der Waals surface area contributed by atoms with E-state index in [4.69, 9.17) is 4.74 Å². The largest absolute Gasteiger partial charge is 0.493 e. The summed E-state index contributed by atoms with van der Waals surface area (Å²) in [6.07, 6.45) is 1.03. The van der Waals surface area contributed by atoms with Gasteiger partial charge in [-0.1, -0.05) is 34.6 Å². The molecule has 26 heavy (non-hydrogen) atoms. The number of imide groups is 1. The van der Waals surface area contributed by atoms with Gasteiger partial charge in [-0.3, -0.25) is 19.7 Å². The molecule has 1 aromatic rings. The van der Waals surface area contributed by atoms with Gasteiger partial charge in [0.1, 0.15) is 0 Å². The highest BCUT2D eigenvalue weighted by Gasteiger charge is 2.29. The molecule has 2 amide bonds. The number of benzene rings is 1. The SMILES string of the molecule is CC.CC.CCc1c(C(=O)CC2CCC(=O)NC2=O)ccc(F)c1OC. The smallest absolute Gasteiger partial charge is 0.230 e. The molecule has 0 spiro atoms. The first kappa shape index (κ1) is 23.8. The monoisotopic (exact) mass is 367 g/mol. The number of ketones is 1. The molecule has 0 aromatic heterocycles. The molecule has 5 nitrogen and oxygen atoms in total. The van der Waals surface area contributed by atoms with Crippen LogP contribution < -0.4 is 10.1 Å². The van der Waals surface area contributed by atoms with Gasteiger partial charge in [0, 0.05) is 29.9 Å². The number of rotatable bonds is 5. The number of hydrogen-bond donors (Lipinski definition) is 1. The van der Waals surface area contributed by atoms with E-state index in [0.29, 0.717) is 24.0 Å². The second-order valence-electron chi connectivity index (χ2n) is 5.24. The van der Waals surface area contributed by atoms with Crippen LogP contribution in [0.3, 0.4) is 0 Å². The fraction of sp³-hybridized carbons (Fsp3) is 0.550. The Morgan fingerprint density at radius 3 is 2.35 bits per heavy atom. The molecule has 1 N–H and O–H groups in total. The minimum Gasteiger partial charge on any atom is -0.493 e. The minimum absolute atomic E-state index is 0.000893. The van der Waals surface area contributed by atoms with Crippen LogP contribution >= 0.6 is 0 Å². The van der Waals surface area contributed by atoms with E-state index in [1.54, 1.807) is 6.92 Å². The zero-order valence-corrected chi connectivity index (χ0v) is 16.6. The zero-order valence-electron chi connectivity index (χ0n) is 16.6. The lowest BCUT2D eigenvalue weighted by atomic mass is 9.89. The van der Waals surface area contributed by atoms with Gasteiger partial charge < -0.3 is 4.74 Å².